The van der Waals surface area contributed by atoms with E-state index in [0.717, 1.165) is 0 Å². The first-order chi connectivity index (χ1) is 9.08. The summed E-state index contributed by atoms with van der Waals surface area (Å²) in [6.45, 7) is 1.68. The Morgan fingerprint density at radius 1 is 1.53 bits per heavy atom. The minimum absolute atomic E-state index is 0.147. The number of carbonyl (C=O) groups excluding carboxylic acids is 1. The van der Waals surface area contributed by atoms with Crippen LogP contribution in [0.25, 0.3) is 0 Å². The molecule has 102 valence electrons. The van der Waals surface area contributed by atoms with Crippen molar-refractivity contribution in [1.82, 2.24) is 5.32 Å². The van der Waals surface area contributed by atoms with Crippen molar-refractivity contribution >= 4 is 5.91 Å². The van der Waals surface area contributed by atoms with Crippen LogP contribution in [0.2, 0.25) is 0 Å². The summed E-state index contributed by atoms with van der Waals surface area (Å²) in [4.78, 5) is 11.3. The van der Waals surface area contributed by atoms with Crippen molar-refractivity contribution in [1.29, 1.82) is 0 Å². The molecule has 0 aliphatic carbocycles. The minimum atomic E-state index is -0.595. The summed E-state index contributed by atoms with van der Waals surface area (Å²) in [6.07, 6.45) is 4.43. The summed E-state index contributed by atoms with van der Waals surface area (Å²) < 4.78 is 10.5. The molecule has 0 heterocycles. The summed E-state index contributed by atoms with van der Waals surface area (Å²) in [5.41, 5.74) is 0.709. The second kappa shape index (κ2) is 7.29. The third kappa shape index (κ3) is 4.53. The lowest BCUT2D eigenvalue weighted by Crippen LogP contribution is -2.29. The second-order valence-electron chi connectivity index (χ2n) is 3.86. The molecule has 0 aliphatic heterocycles. The van der Waals surface area contributed by atoms with Gasteiger partial charge in [0.2, 0.25) is 0 Å². The van der Waals surface area contributed by atoms with Crippen LogP contribution in [0, 0.1) is 12.3 Å². The molecule has 0 saturated heterocycles. The number of rotatable bonds is 6. The van der Waals surface area contributed by atoms with Crippen molar-refractivity contribution in [3.05, 3.63) is 23.8 Å². The van der Waals surface area contributed by atoms with E-state index in [1.54, 1.807) is 25.1 Å². The Morgan fingerprint density at radius 2 is 2.26 bits per heavy atom. The molecular weight excluding hydrogens is 246 g/mol. The van der Waals surface area contributed by atoms with Gasteiger partial charge in [0.15, 0.2) is 18.1 Å². The van der Waals surface area contributed by atoms with Gasteiger partial charge >= 0.3 is 0 Å². The minimum Gasteiger partial charge on any atom is -0.493 e. The highest BCUT2D eigenvalue weighted by molar-refractivity contribution is 5.77. The van der Waals surface area contributed by atoms with Gasteiger partial charge in [-0.15, -0.1) is 6.42 Å². The number of benzene rings is 1. The number of hydrogen-bond acceptors (Lipinski definition) is 4. The molecule has 1 atom stereocenters. The number of terminal acetylenes is 1. The maximum atomic E-state index is 11.3. The molecule has 1 aromatic carbocycles. The van der Waals surface area contributed by atoms with Gasteiger partial charge < -0.3 is 19.9 Å². The predicted octanol–water partition coefficient (Wildman–Crippen LogP) is 0.877. The van der Waals surface area contributed by atoms with E-state index < -0.39 is 6.10 Å². The van der Waals surface area contributed by atoms with Crippen LogP contribution in [0.15, 0.2) is 18.2 Å². The number of hydrogen-bond donors (Lipinski definition) is 2. The maximum absolute atomic E-state index is 11.3. The predicted molar refractivity (Wildman–Crippen MR) is 71.0 cm³/mol. The zero-order valence-corrected chi connectivity index (χ0v) is 11.0. The van der Waals surface area contributed by atoms with Gasteiger partial charge in [-0.1, -0.05) is 12.0 Å². The first kappa shape index (κ1) is 14.9. The van der Waals surface area contributed by atoms with E-state index in [4.69, 9.17) is 15.9 Å². The highest BCUT2D eigenvalue weighted by Gasteiger charge is 2.10. The molecule has 0 saturated carbocycles. The van der Waals surface area contributed by atoms with E-state index in [-0.39, 0.29) is 19.1 Å². The molecule has 1 rings (SSSR count). The lowest BCUT2D eigenvalue weighted by molar-refractivity contribution is -0.122. The lowest BCUT2D eigenvalue weighted by atomic mass is 10.1. The van der Waals surface area contributed by atoms with Crippen molar-refractivity contribution in [2.45, 2.75) is 13.0 Å². The Kier molecular flexibility index (Phi) is 5.71. The Morgan fingerprint density at radius 3 is 2.84 bits per heavy atom. The third-order valence-electron chi connectivity index (χ3n) is 2.42. The summed E-state index contributed by atoms with van der Waals surface area (Å²) in [5.74, 6) is 2.89. The molecule has 0 spiro atoms. The maximum Gasteiger partial charge on any atom is 0.258 e. The van der Waals surface area contributed by atoms with E-state index in [0.29, 0.717) is 17.1 Å². The monoisotopic (exact) mass is 263 g/mol. The van der Waals surface area contributed by atoms with E-state index in [1.807, 2.05) is 0 Å². The fourth-order valence-corrected chi connectivity index (χ4v) is 1.41. The molecule has 1 amide bonds. The van der Waals surface area contributed by atoms with E-state index in [9.17, 15) is 9.90 Å². The van der Waals surface area contributed by atoms with Crippen LogP contribution in [0.1, 0.15) is 18.6 Å². The average molecular weight is 263 g/mol. The zero-order valence-electron chi connectivity index (χ0n) is 11.0. The number of nitrogens with one attached hydrogen (secondary N) is 1. The molecule has 0 aliphatic rings. The fraction of sp³-hybridized carbons (Fsp3) is 0.357. The van der Waals surface area contributed by atoms with Gasteiger partial charge in [0, 0.05) is 0 Å². The first-order valence-corrected chi connectivity index (χ1v) is 5.77. The quantitative estimate of drug-likeness (QED) is 0.748. The van der Waals surface area contributed by atoms with Gasteiger partial charge in [-0.05, 0) is 24.6 Å². The molecule has 0 aromatic heterocycles. The van der Waals surface area contributed by atoms with Crippen LogP contribution in [0.5, 0.6) is 11.5 Å². The van der Waals surface area contributed by atoms with Crippen LogP contribution in [0.3, 0.4) is 0 Å². The largest absolute Gasteiger partial charge is 0.493 e. The number of amides is 1. The molecule has 0 radical (unpaired) electrons. The van der Waals surface area contributed by atoms with Crippen LogP contribution in [-0.4, -0.2) is 31.3 Å². The van der Waals surface area contributed by atoms with Gasteiger partial charge in [0.1, 0.15) is 0 Å². The van der Waals surface area contributed by atoms with Crippen molar-refractivity contribution < 1.29 is 19.4 Å². The van der Waals surface area contributed by atoms with E-state index in [2.05, 4.69) is 11.2 Å². The highest BCUT2D eigenvalue weighted by Crippen LogP contribution is 2.30. The number of carbonyl (C=O) groups is 1. The molecular formula is C14H17NO4. The van der Waals surface area contributed by atoms with Gasteiger partial charge in [0.25, 0.3) is 5.91 Å². The summed E-state index contributed by atoms with van der Waals surface area (Å²) >= 11 is 0. The Balaban J connectivity index is 2.68. The van der Waals surface area contributed by atoms with Gasteiger partial charge in [-0.3, -0.25) is 4.79 Å². The first-order valence-electron chi connectivity index (χ1n) is 5.77. The number of aliphatic hydroxyl groups is 1. The van der Waals surface area contributed by atoms with Crippen LogP contribution < -0.4 is 14.8 Å². The molecule has 0 bridgehead atoms. The summed E-state index contributed by atoms with van der Waals surface area (Å²) in [6, 6.07) is 5.02. The molecule has 2 N–H and O–H groups in total. The SMILES string of the molecule is C#CCNC(=O)COc1ccc([C@H](C)O)cc1OC. The molecule has 0 fully saturated rings. The molecule has 5 nitrogen and oxygen atoms in total. The number of aliphatic hydroxyl groups excluding tert-OH is 1. The topological polar surface area (TPSA) is 67.8 Å². The third-order valence-corrected chi connectivity index (χ3v) is 2.42. The Bertz CT molecular complexity index is 477. The van der Waals surface area contributed by atoms with Crippen molar-refractivity contribution in [2.24, 2.45) is 0 Å². The number of ether oxygens (including phenoxy) is 2. The summed E-state index contributed by atoms with van der Waals surface area (Å²) in [5, 5.41) is 12.0. The van der Waals surface area contributed by atoms with Crippen LogP contribution in [0.4, 0.5) is 0 Å². The second-order valence-corrected chi connectivity index (χ2v) is 3.86. The number of methoxy groups -OCH3 is 1. The molecule has 1 aromatic rings. The average Bonchev–Trinajstić information content (AvgIpc) is 2.42. The van der Waals surface area contributed by atoms with Gasteiger partial charge in [0.05, 0.1) is 19.8 Å². The summed E-state index contributed by atoms with van der Waals surface area (Å²) in [7, 11) is 1.49. The zero-order chi connectivity index (χ0) is 14.3. The van der Waals surface area contributed by atoms with E-state index >= 15 is 0 Å². The van der Waals surface area contributed by atoms with Crippen LogP contribution in [-0.2, 0) is 4.79 Å². The Labute approximate surface area is 112 Å². The highest BCUT2D eigenvalue weighted by atomic mass is 16.5. The van der Waals surface area contributed by atoms with Crippen molar-refractivity contribution in [2.75, 3.05) is 20.3 Å². The molecule has 19 heavy (non-hydrogen) atoms. The van der Waals surface area contributed by atoms with Crippen molar-refractivity contribution in [3.8, 4) is 23.8 Å². The van der Waals surface area contributed by atoms with Gasteiger partial charge in [-0.2, -0.15) is 0 Å². The van der Waals surface area contributed by atoms with Crippen molar-refractivity contribution in [3.63, 3.8) is 0 Å². The smallest absolute Gasteiger partial charge is 0.258 e. The molecule has 5 heteroatoms. The van der Waals surface area contributed by atoms with Crippen LogP contribution >= 0.6 is 0 Å². The van der Waals surface area contributed by atoms with Gasteiger partial charge in [-0.25, -0.2) is 0 Å². The fourth-order valence-electron chi connectivity index (χ4n) is 1.41. The standard InChI is InChI=1S/C14H17NO4/c1-4-7-15-14(17)9-19-12-6-5-11(10(2)16)8-13(12)18-3/h1,5-6,8,10,16H,7,9H2,2-3H3,(H,15,17)/t10-/m0/s1. The Hall–Kier alpha value is -2.19. The molecule has 0 unspecified atom stereocenters. The van der Waals surface area contributed by atoms with E-state index in [1.165, 1.54) is 7.11 Å². The lowest BCUT2D eigenvalue weighted by Gasteiger charge is -2.13. The normalized spacial score (nSPS) is 11.3.